The van der Waals surface area contributed by atoms with Crippen molar-refractivity contribution >= 4 is 17.1 Å². The molecule has 8 aromatic carbocycles. The molecule has 0 aromatic heterocycles. The van der Waals surface area contributed by atoms with E-state index < -0.39 is 5.41 Å². The number of benzene rings is 8. The fraction of sp³-hybridized carbons (Fsp3) is 0.0204. The van der Waals surface area contributed by atoms with Crippen LogP contribution in [0.4, 0.5) is 17.1 Å². The van der Waals surface area contributed by atoms with Crippen molar-refractivity contribution in [2.45, 2.75) is 5.41 Å². The van der Waals surface area contributed by atoms with Crippen LogP contribution < -0.4 is 4.90 Å². The van der Waals surface area contributed by atoms with Gasteiger partial charge < -0.3 is 4.90 Å². The summed E-state index contributed by atoms with van der Waals surface area (Å²) in [4.78, 5) is 2.35. The van der Waals surface area contributed by atoms with E-state index in [4.69, 9.17) is 0 Å². The van der Waals surface area contributed by atoms with Crippen molar-refractivity contribution in [2.24, 2.45) is 0 Å². The van der Waals surface area contributed by atoms with Gasteiger partial charge in [0.1, 0.15) is 0 Å². The van der Waals surface area contributed by atoms with Crippen LogP contribution in [0.2, 0.25) is 0 Å². The highest BCUT2D eigenvalue weighted by atomic mass is 15.1. The molecular weight excluding hydrogens is 603 g/mol. The fourth-order valence-corrected chi connectivity index (χ4v) is 7.24. The fourth-order valence-electron chi connectivity index (χ4n) is 7.24. The molecule has 0 heterocycles. The van der Waals surface area contributed by atoms with Crippen LogP contribution in [0.3, 0.4) is 0 Å². The average Bonchev–Trinajstić information content (AvgIpc) is 3.21. The highest BCUT2D eigenvalue weighted by molar-refractivity contribution is 5.80. The van der Waals surface area contributed by atoms with Gasteiger partial charge in [0.25, 0.3) is 0 Å². The zero-order valence-electron chi connectivity index (χ0n) is 27.8. The lowest BCUT2D eigenvalue weighted by Gasteiger charge is -2.37. The topological polar surface area (TPSA) is 3.24 Å². The third-order valence-electron chi connectivity index (χ3n) is 9.64. The molecule has 0 saturated carbocycles. The van der Waals surface area contributed by atoms with Gasteiger partial charge in [-0.25, -0.2) is 0 Å². The highest BCUT2D eigenvalue weighted by Gasteiger charge is 2.38. The molecule has 8 rings (SSSR count). The molecule has 0 unspecified atom stereocenters. The van der Waals surface area contributed by atoms with E-state index in [0.717, 1.165) is 17.1 Å². The number of hydrogen-bond acceptors (Lipinski definition) is 1. The summed E-state index contributed by atoms with van der Waals surface area (Å²) in [6, 6.07) is 80.7. The van der Waals surface area contributed by atoms with Crippen LogP contribution in [0.15, 0.2) is 224 Å². The van der Waals surface area contributed by atoms with Crippen molar-refractivity contribution in [3.05, 3.63) is 247 Å². The Kier molecular flexibility index (Phi) is 8.62. The van der Waals surface area contributed by atoms with Crippen molar-refractivity contribution < 1.29 is 0 Å². The molecule has 238 valence electrons. The summed E-state index contributed by atoms with van der Waals surface area (Å²) in [5.74, 6) is 0. The lowest BCUT2D eigenvalue weighted by molar-refractivity contribution is 0.745. The Hall–Kier alpha value is -6.44. The number of hydrogen-bond donors (Lipinski definition) is 0. The molecule has 0 aliphatic carbocycles. The molecular formula is C49H37N. The summed E-state index contributed by atoms with van der Waals surface area (Å²) < 4.78 is 0. The molecule has 0 N–H and O–H groups in total. The Morgan fingerprint density at radius 3 is 0.780 bits per heavy atom. The molecule has 0 spiro atoms. The maximum atomic E-state index is 2.35. The Bertz CT molecular complexity index is 2070. The first-order valence-electron chi connectivity index (χ1n) is 17.2. The predicted octanol–water partition coefficient (Wildman–Crippen LogP) is 12.9. The van der Waals surface area contributed by atoms with Crippen molar-refractivity contribution in [3.8, 4) is 22.3 Å². The zero-order valence-corrected chi connectivity index (χ0v) is 27.8. The Labute approximate surface area is 295 Å². The Morgan fingerprint density at radius 1 is 0.220 bits per heavy atom. The molecule has 0 atom stereocenters. The van der Waals surface area contributed by atoms with E-state index in [2.05, 4.69) is 229 Å². The molecule has 0 amide bonds. The summed E-state index contributed by atoms with van der Waals surface area (Å²) in [5, 5.41) is 0. The van der Waals surface area contributed by atoms with Gasteiger partial charge in [0.05, 0.1) is 5.41 Å². The van der Waals surface area contributed by atoms with E-state index in [9.17, 15) is 0 Å². The van der Waals surface area contributed by atoms with Gasteiger partial charge in [-0.3, -0.25) is 0 Å². The molecule has 0 aliphatic heterocycles. The van der Waals surface area contributed by atoms with E-state index in [-0.39, 0.29) is 0 Å². The lowest BCUT2D eigenvalue weighted by atomic mass is 9.65. The summed E-state index contributed by atoms with van der Waals surface area (Å²) in [7, 11) is 0. The standard InChI is InChI=1S/C49H37N/c1-6-16-38(17-7-1)40-26-32-46(33-27-40)50(47-34-28-41(29-35-47)39-18-8-2-9-19-39)48-36-30-45(31-37-48)49(42-20-10-3-11-21-42,43-22-12-4-13-23-43)44-24-14-5-15-25-44/h1-37H. The second-order valence-electron chi connectivity index (χ2n) is 12.6. The molecule has 1 heteroatoms. The van der Waals surface area contributed by atoms with Crippen molar-refractivity contribution in [1.82, 2.24) is 0 Å². The van der Waals surface area contributed by atoms with E-state index in [1.807, 2.05) is 0 Å². The number of anilines is 3. The van der Waals surface area contributed by atoms with Gasteiger partial charge in [0.15, 0.2) is 0 Å². The van der Waals surface area contributed by atoms with Crippen LogP contribution in [0.25, 0.3) is 22.3 Å². The minimum atomic E-state index is -0.498. The van der Waals surface area contributed by atoms with Gasteiger partial charge >= 0.3 is 0 Å². The minimum Gasteiger partial charge on any atom is -0.311 e. The van der Waals surface area contributed by atoms with Crippen LogP contribution in [0.1, 0.15) is 22.3 Å². The van der Waals surface area contributed by atoms with Crippen LogP contribution in [-0.2, 0) is 5.41 Å². The molecule has 8 aromatic rings. The van der Waals surface area contributed by atoms with Crippen molar-refractivity contribution in [1.29, 1.82) is 0 Å². The first-order chi connectivity index (χ1) is 24.8. The average molecular weight is 640 g/mol. The second-order valence-corrected chi connectivity index (χ2v) is 12.6. The molecule has 0 aliphatic rings. The predicted molar refractivity (Wildman–Crippen MR) is 210 cm³/mol. The lowest BCUT2D eigenvalue weighted by Crippen LogP contribution is -2.31. The third-order valence-corrected chi connectivity index (χ3v) is 9.64. The monoisotopic (exact) mass is 639 g/mol. The van der Waals surface area contributed by atoms with Gasteiger partial charge in [-0.1, -0.05) is 188 Å². The van der Waals surface area contributed by atoms with Crippen molar-refractivity contribution in [3.63, 3.8) is 0 Å². The van der Waals surface area contributed by atoms with E-state index in [1.54, 1.807) is 0 Å². The first kappa shape index (κ1) is 30.9. The number of nitrogens with zero attached hydrogens (tertiary/aromatic N) is 1. The van der Waals surface area contributed by atoms with Gasteiger partial charge in [-0.2, -0.15) is 0 Å². The number of rotatable bonds is 9. The van der Waals surface area contributed by atoms with Gasteiger partial charge in [-0.15, -0.1) is 0 Å². The maximum Gasteiger partial charge on any atom is 0.0701 e. The highest BCUT2D eigenvalue weighted by Crippen LogP contribution is 2.46. The van der Waals surface area contributed by atoms with Gasteiger partial charge in [0, 0.05) is 17.1 Å². The van der Waals surface area contributed by atoms with E-state index >= 15 is 0 Å². The summed E-state index contributed by atoms with van der Waals surface area (Å²) >= 11 is 0. The third kappa shape index (κ3) is 5.91. The SMILES string of the molecule is c1ccc(-c2ccc(N(c3ccc(-c4ccccc4)cc3)c3ccc(C(c4ccccc4)(c4ccccc4)c4ccccc4)cc3)cc2)cc1. The molecule has 1 nitrogen and oxygen atoms in total. The van der Waals surface area contributed by atoms with E-state index in [0.29, 0.717) is 0 Å². The zero-order chi connectivity index (χ0) is 33.6. The molecule has 0 bridgehead atoms. The normalized spacial score (nSPS) is 11.2. The summed E-state index contributed by atoms with van der Waals surface area (Å²) in [5.41, 5.74) is 12.5. The minimum absolute atomic E-state index is 0.498. The van der Waals surface area contributed by atoms with Crippen LogP contribution in [-0.4, -0.2) is 0 Å². The van der Waals surface area contributed by atoms with Crippen LogP contribution in [0, 0.1) is 0 Å². The Balaban J connectivity index is 1.26. The molecule has 0 fully saturated rings. The smallest absolute Gasteiger partial charge is 0.0701 e. The van der Waals surface area contributed by atoms with Gasteiger partial charge in [-0.05, 0) is 80.9 Å². The first-order valence-corrected chi connectivity index (χ1v) is 17.2. The summed E-state index contributed by atoms with van der Waals surface area (Å²) in [6.07, 6.45) is 0. The molecule has 50 heavy (non-hydrogen) atoms. The largest absolute Gasteiger partial charge is 0.311 e. The molecule has 0 saturated heterocycles. The van der Waals surface area contributed by atoms with Gasteiger partial charge in [0.2, 0.25) is 0 Å². The van der Waals surface area contributed by atoms with E-state index in [1.165, 1.54) is 44.5 Å². The Morgan fingerprint density at radius 2 is 0.460 bits per heavy atom. The second kappa shape index (κ2) is 14.0. The quantitative estimate of drug-likeness (QED) is 0.142. The summed E-state index contributed by atoms with van der Waals surface area (Å²) in [6.45, 7) is 0. The van der Waals surface area contributed by atoms with Crippen LogP contribution in [0.5, 0.6) is 0 Å². The van der Waals surface area contributed by atoms with Crippen molar-refractivity contribution in [2.75, 3.05) is 4.90 Å². The molecule has 0 radical (unpaired) electrons. The van der Waals surface area contributed by atoms with Crippen LogP contribution >= 0.6 is 0 Å². The maximum absolute atomic E-state index is 2.35.